The van der Waals surface area contributed by atoms with Crippen LogP contribution in [0.4, 0.5) is 0 Å². The van der Waals surface area contributed by atoms with Crippen LogP contribution in [-0.4, -0.2) is 37.0 Å². The molecule has 0 unspecified atom stereocenters. The maximum absolute atomic E-state index is 11.7. The minimum atomic E-state index is 0.0453. The summed E-state index contributed by atoms with van der Waals surface area (Å²) in [5.41, 5.74) is 1.57. The molecule has 1 saturated heterocycles. The fraction of sp³-hybridized carbons (Fsp3) is 0.467. The molecule has 1 aliphatic heterocycles. The number of likely N-dealkylation sites (tertiary alicyclic amines) is 1. The lowest BCUT2D eigenvalue weighted by molar-refractivity contribution is -0.120. The quantitative estimate of drug-likeness (QED) is 0.865. The van der Waals surface area contributed by atoms with Crippen molar-refractivity contribution in [1.29, 1.82) is 5.26 Å². The second-order valence-corrected chi connectivity index (χ2v) is 4.88. The van der Waals surface area contributed by atoms with Crippen LogP contribution in [0.2, 0.25) is 0 Å². The lowest BCUT2D eigenvalue weighted by atomic mass is 10.1. The van der Waals surface area contributed by atoms with E-state index in [0.717, 1.165) is 31.7 Å². The van der Waals surface area contributed by atoms with E-state index < -0.39 is 0 Å². The second-order valence-electron chi connectivity index (χ2n) is 4.88. The van der Waals surface area contributed by atoms with Crippen molar-refractivity contribution in [2.24, 2.45) is 0 Å². The zero-order valence-electron chi connectivity index (χ0n) is 11.1. The van der Waals surface area contributed by atoms with Crippen molar-refractivity contribution in [3.63, 3.8) is 0 Å². The van der Waals surface area contributed by atoms with Gasteiger partial charge in [-0.15, -0.1) is 0 Å². The predicted molar refractivity (Wildman–Crippen MR) is 73.5 cm³/mol. The molecule has 0 aliphatic carbocycles. The Morgan fingerprint density at radius 2 is 1.95 bits per heavy atom. The van der Waals surface area contributed by atoms with Crippen molar-refractivity contribution in [2.45, 2.75) is 19.3 Å². The van der Waals surface area contributed by atoms with Crippen molar-refractivity contribution in [3.05, 3.63) is 35.4 Å². The van der Waals surface area contributed by atoms with Crippen molar-refractivity contribution in [1.82, 2.24) is 10.2 Å². The number of carbonyl (C=O) groups excluding carboxylic acids is 1. The van der Waals surface area contributed by atoms with E-state index in [0.29, 0.717) is 12.0 Å². The highest BCUT2D eigenvalue weighted by molar-refractivity contribution is 5.78. The van der Waals surface area contributed by atoms with Gasteiger partial charge in [-0.25, -0.2) is 0 Å². The molecule has 1 aromatic carbocycles. The number of amides is 1. The molecule has 19 heavy (non-hydrogen) atoms. The Labute approximate surface area is 114 Å². The van der Waals surface area contributed by atoms with Crippen LogP contribution >= 0.6 is 0 Å². The summed E-state index contributed by atoms with van der Waals surface area (Å²) in [6.45, 7) is 3.98. The summed E-state index contributed by atoms with van der Waals surface area (Å²) < 4.78 is 0. The molecule has 4 nitrogen and oxygen atoms in total. The Morgan fingerprint density at radius 3 is 2.58 bits per heavy atom. The molecule has 0 atom stereocenters. The zero-order chi connectivity index (χ0) is 13.5. The van der Waals surface area contributed by atoms with Gasteiger partial charge >= 0.3 is 0 Å². The molecule has 1 amide bonds. The summed E-state index contributed by atoms with van der Waals surface area (Å²) in [5.74, 6) is 0.0453. The molecule has 0 saturated carbocycles. The van der Waals surface area contributed by atoms with Crippen molar-refractivity contribution < 1.29 is 4.79 Å². The summed E-state index contributed by atoms with van der Waals surface area (Å²) in [7, 11) is 0. The largest absolute Gasteiger partial charge is 0.355 e. The van der Waals surface area contributed by atoms with Gasteiger partial charge in [-0.3, -0.25) is 4.79 Å². The molecular formula is C15H19N3O. The first-order valence-electron chi connectivity index (χ1n) is 6.76. The van der Waals surface area contributed by atoms with Crippen molar-refractivity contribution >= 4 is 5.91 Å². The van der Waals surface area contributed by atoms with E-state index in [2.05, 4.69) is 16.3 Å². The molecule has 2 rings (SSSR count). The number of carbonyl (C=O) groups is 1. The maximum atomic E-state index is 11.7. The molecule has 100 valence electrons. The van der Waals surface area contributed by atoms with Crippen LogP contribution in [0.25, 0.3) is 0 Å². The molecule has 1 aromatic rings. The van der Waals surface area contributed by atoms with Crippen LogP contribution in [0, 0.1) is 11.3 Å². The minimum absolute atomic E-state index is 0.0453. The van der Waals surface area contributed by atoms with E-state index >= 15 is 0 Å². The third-order valence-electron chi connectivity index (χ3n) is 3.40. The van der Waals surface area contributed by atoms with Crippen LogP contribution < -0.4 is 5.32 Å². The van der Waals surface area contributed by atoms with Crippen LogP contribution in [0.15, 0.2) is 24.3 Å². The number of nitrogens with zero attached hydrogens (tertiary/aromatic N) is 2. The molecule has 4 heteroatoms. The number of nitriles is 1. The average Bonchev–Trinajstić information content (AvgIpc) is 2.93. The second kappa shape index (κ2) is 6.91. The van der Waals surface area contributed by atoms with Crippen molar-refractivity contribution in [3.8, 4) is 6.07 Å². The first-order chi connectivity index (χ1) is 9.28. The van der Waals surface area contributed by atoms with E-state index in [4.69, 9.17) is 5.26 Å². The minimum Gasteiger partial charge on any atom is -0.355 e. The summed E-state index contributed by atoms with van der Waals surface area (Å²) in [5, 5.41) is 11.6. The van der Waals surface area contributed by atoms with Crippen molar-refractivity contribution in [2.75, 3.05) is 26.2 Å². The first kappa shape index (κ1) is 13.6. The number of rotatable bonds is 5. The molecular weight excluding hydrogens is 238 g/mol. The van der Waals surface area contributed by atoms with Gasteiger partial charge in [0.15, 0.2) is 0 Å². The monoisotopic (exact) mass is 257 g/mol. The van der Waals surface area contributed by atoms with Gasteiger partial charge in [0.2, 0.25) is 5.91 Å². The molecule has 0 aromatic heterocycles. The maximum Gasteiger partial charge on any atom is 0.224 e. The zero-order valence-corrected chi connectivity index (χ0v) is 11.1. The van der Waals surface area contributed by atoms with Gasteiger partial charge in [0.1, 0.15) is 0 Å². The Bertz CT molecular complexity index is 455. The van der Waals surface area contributed by atoms with Gasteiger partial charge in [0.05, 0.1) is 18.1 Å². The molecule has 0 radical (unpaired) electrons. The average molecular weight is 257 g/mol. The van der Waals surface area contributed by atoms with Crippen LogP contribution in [-0.2, 0) is 11.2 Å². The van der Waals surface area contributed by atoms with Crippen LogP contribution in [0.5, 0.6) is 0 Å². The summed E-state index contributed by atoms with van der Waals surface area (Å²) in [6, 6.07) is 9.22. The van der Waals surface area contributed by atoms with Gasteiger partial charge < -0.3 is 10.2 Å². The fourth-order valence-corrected chi connectivity index (χ4v) is 2.30. The van der Waals surface area contributed by atoms with Gasteiger partial charge in [-0.1, -0.05) is 12.1 Å². The summed E-state index contributed by atoms with van der Waals surface area (Å²) in [6.07, 6.45) is 2.93. The Kier molecular flexibility index (Phi) is 4.93. The summed E-state index contributed by atoms with van der Waals surface area (Å²) >= 11 is 0. The Balaban J connectivity index is 1.69. The highest BCUT2D eigenvalue weighted by atomic mass is 16.1. The molecule has 1 aliphatic rings. The number of nitrogens with one attached hydrogen (secondary N) is 1. The number of hydrogen-bond donors (Lipinski definition) is 1. The van der Waals surface area contributed by atoms with E-state index in [9.17, 15) is 4.79 Å². The van der Waals surface area contributed by atoms with Crippen LogP contribution in [0.3, 0.4) is 0 Å². The van der Waals surface area contributed by atoms with Gasteiger partial charge in [0, 0.05) is 13.1 Å². The third-order valence-corrected chi connectivity index (χ3v) is 3.40. The van der Waals surface area contributed by atoms with Gasteiger partial charge in [-0.2, -0.15) is 5.26 Å². The summed E-state index contributed by atoms with van der Waals surface area (Å²) in [4.78, 5) is 14.1. The molecule has 1 fully saturated rings. The van der Waals surface area contributed by atoms with Gasteiger partial charge in [-0.05, 0) is 43.6 Å². The Morgan fingerprint density at radius 1 is 1.26 bits per heavy atom. The predicted octanol–water partition coefficient (Wildman–Crippen LogP) is 1.31. The van der Waals surface area contributed by atoms with Crippen LogP contribution in [0.1, 0.15) is 24.0 Å². The molecule has 0 bridgehead atoms. The normalized spacial score (nSPS) is 15.1. The standard InChI is InChI=1S/C15H19N3O/c16-12-14-5-3-13(4-6-14)11-15(19)17-7-10-18-8-1-2-9-18/h3-6H,1-2,7-11H2,(H,17,19). The van der Waals surface area contributed by atoms with E-state index in [1.165, 1.54) is 12.8 Å². The van der Waals surface area contributed by atoms with E-state index in [1.807, 2.05) is 12.1 Å². The Hall–Kier alpha value is -1.86. The van der Waals surface area contributed by atoms with E-state index in [1.54, 1.807) is 12.1 Å². The molecule has 1 heterocycles. The third kappa shape index (κ3) is 4.38. The first-order valence-corrected chi connectivity index (χ1v) is 6.76. The van der Waals surface area contributed by atoms with E-state index in [-0.39, 0.29) is 5.91 Å². The number of hydrogen-bond acceptors (Lipinski definition) is 3. The lowest BCUT2D eigenvalue weighted by Gasteiger charge is -2.14. The fourth-order valence-electron chi connectivity index (χ4n) is 2.30. The lowest BCUT2D eigenvalue weighted by Crippen LogP contribution is -2.34. The molecule has 0 spiro atoms. The smallest absolute Gasteiger partial charge is 0.224 e. The van der Waals surface area contributed by atoms with Gasteiger partial charge in [0.25, 0.3) is 0 Å². The molecule has 1 N–H and O–H groups in total. The number of benzene rings is 1. The highest BCUT2D eigenvalue weighted by Gasteiger charge is 2.11. The SMILES string of the molecule is N#Cc1ccc(CC(=O)NCCN2CCCC2)cc1. The highest BCUT2D eigenvalue weighted by Crippen LogP contribution is 2.06. The topological polar surface area (TPSA) is 56.1 Å².